The third kappa shape index (κ3) is 5.04. The van der Waals surface area contributed by atoms with Crippen molar-refractivity contribution in [1.82, 2.24) is 14.8 Å². The summed E-state index contributed by atoms with van der Waals surface area (Å²) >= 11 is 0. The van der Waals surface area contributed by atoms with Crippen LogP contribution in [0.2, 0.25) is 0 Å². The molecule has 0 amide bonds. The number of ether oxygens (including phenoxy) is 3. The molecule has 0 aliphatic rings. The van der Waals surface area contributed by atoms with Gasteiger partial charge < -0.3 is 25.1 Å². The Morgan fingerprint density at radius 2 is 1.83 bits per heavy atom. The monoisotopic (exact) mass is 412 g/mol. The molecule has 0 saturated carbocycles. The first-order chi connectivity index (χ1) is 14.3. The van der Waals surface area contributed by atoms with E-state index < -0.39 is 12.1 Å². The predicted octanol–water partition coefficient (Wildman–Crippen LogP) is 2.55. The summed E-state index contributed by atoms with van der Waals surface area (Å²) in [6.07, 6.45) is 0.667. The number of carbonyl (C=O) groups is 2. The van der Waals surface area contributed by atoms with Crippen LogP contribution < -0.4 is 10.5 Å². The molecular formula is C20H20N4O6. The van der Waals surface area contributed by atoms with Crippen molar-refractivity contribution in [1.29, 1.82) is 0 Å². The molecule has 3 rings (SSSR count). The molecule has 10 heteroatoms. The van der Waals surface area contributed by atoms with Crippen LogP contribution in [0.1, 0.15) is 18.3 Å². The molecule has 0 fully saturated rings. The molecule has 0 aliphatic carbocycles. The molecule has 156 valence electrons. The Labute approximate surface area is 171 Å². The molecular weight excluding hydrogens is 392 g/mol. The van der Waals surface area contributed by atoms with Gasteiger partial charge in [-0.25, -0.2) is 9.78 Å². The number of hydrogen-bond donors (Lipinski definition) is 2. The zero-order valence-electron chi connectivity index (χ0n) is 16.4. The predicted molar refractivity (Wildman–Crippen MR) is 105 cm³/mol. The number of pyridine rings is 1. The second-order valence-corrected chi connectivity index (χ2v) is 6.28. The number of nitrogen functional groups attached to an aromatic ring is 1. The SMILES string of the molecule is CC(=O)OCc1nc(-c2cnn(C)c2COC(=O)Oc2ccc(N)cc2)ccc1O. The fraction of sp³-hybridized carbons (Fsp3) is 0.200. The maximum absolute atomic E-state index is 12.0. The summed E-state index contributed by atoms with van der Waals surface area (Å²) in [5, 5.41) is 14.1. The van der Waals surface area contributed by atoms with Crippen LogP contribution in [0.15, 0.2) is 42.6 Å². The number of nitrogens with two attached hydrogens (primary N) is 1. The van der Waals surface area contributed by atoms with Gasteiger partial charge >= 0.3 is 12.1 Å². The molecule has 0 aliphatic heterocycles. The van der Waals surface area contributed by atoms with Gasteiger partial charge in [0.2, 0.25) is 0 Å². The normalized spacial score (nSPS) is 10.5. The highest BCUT2D eigenvalue weighted by Gasteiger charge is 2.17. The first-order valence-electron chi connectivity index (χ1n) is 8.87. The van der Waals surface area contributed by atoms with Gasteiger partial charge in [0.05, 0.1) is 17.6 Å². The Hall–Kier alpha value is -4.08. The second-order valence-electron chi connectivity index (χ2n) is 6.28. The van der Waals surface area contributed by atoms with E-state index in [1.54, 1.807) is 43.6 Å². The van der Waals surface area contributed by atoms with E-state index in [1.165, 1.54) is 17.7 Å². The number of aromatic hydroxyl groups is 1. The van der Waals surface area contributed by atoms with Gasteiger partial charge in [0.25, 0.3) is 0 Å². The van der Waals surface area contributed by atoms with Gasteiger partial charge in [-0.2, -0.15) is 5.10 Å². The lowest BCUT2D eigenvalue weighted by Gasteiger charge is -2.10. The Kier molecular flexibility index (Phi) is 6.16. The lowest BCUT2D eigenvalue weighted by Crippen LogP contribution is -2.12. The van der Waals surface area contributed by atoms with Crippen LogP contribution >= 0.6 is 0 Å². The lowest BCUT2D eigenvalue weighted by molar-refractivity contribution is -0.142. The minimum absolute atomic E-state index is 0.103. The molecule has 0 spiro atoms. The van der Waals surface area contributed by atoms with Gasteiger partial charge in [-0.1, -0.05) is 0 Å². The van der Waals surface area contributed by atoms with Crippen molar-refractivity contribution in [2.24, 2.45) is 7.05 Å². The van der Waals surface area contributed by atoms with Crippen LogP contribution in [0.5, 0.6) is 11.5 Å². The summed E-state index contributed by atoms with van der Waals surface area (Å²) in [6, 6.07) is 9.33. The summed E-state index contributed by atoms with van der Waals surface area (Å²) in [4.78, 5) is 27.4. The first kappa shape index (κ1) is 20.6. The molecule has 0 unspecified atom stereocenters. The van der Waals surface area contributed by atoms with Gasteiger partial charge in [0, 0.05) is 25.2 Å². The van der Waals surface area contributed by atoms with Crippen LogP contribution in [0.3, 0.4) is 0 Å². The number of nitrogens with zero attached hydrogens (tertiary/aromatic N) is 3. The van der Waals surface area contributed by atoms with E-state index in [-0.39, 0.29) is 24.7 Å². The number of aromatic nitrogens is 3. The average molecular weight is 412 g/mol. The zero-order chi connectivity index (χ0) is 21.7. The van der Waals surface area contributed by atoms with E-state index in [9.17, 15) is 14.7 Å². The Balaban J connectivity index is 1.73. The fourth-order valence-electron chi connectivity index (χ4n) is 2.56. The van der Waals surface area contributed by atoms with Crippen LogP contribution in [-0.2, 0) is 34.5 Å². The van der Waals surface area contributed by atoms with E-state index in [2.05, 4.69) is 10.1 Å². The number of aryl methyl sites for hydroxylation is 1. The van der Waals surface area contributed by atoms with Gasteiger partial charge in [-0.05, 0) is 36.4 Å². The summed E-state index contributed by atoms with van der Waals surface area (Å²) in [5.74, 6) is -0.291. The quantitative estimate of drug-likeness (QED) is 0.355. The maximum Gasteiger partial charge on any atom is 0.514 e. The number of carbonyl (C=O) groups excluding carboxylic acids is 2. The minimum atomic E-state index is -0.888. The van der Waals surface area contributed by atoms with Crippen molar-refractivity contribution in [3.05, 3.63) is 54.0 Å². The molecule has 0 radical (unpaired) electrons. The maximum atomic E-state index is 12.0. The van der Waals surface area contributed by atoms with Crippen molar-refractivity contribution in [3.63, 3.8) is 0 Å². The third-order valence-corrected chi connectivity index (χ3v) is 4.11. The lowest BCUT2D eigenvalue weighted by atomic mass is 10.1. The standard InChI is InChI=1S/C20H20N4O6/c1-12(25)28-10-17-19(26)8-7-16(23-17)15-9-22-24(2)18(15)11-29-20(27)30-14-5-3-13(21)4-6-14/h3-9,26H,10-11,21H2,1-2H3. The Morgan fingerprint density at radius 1 is 1.10 bits per heavy atom. The minimum Gasteiger partial charge on any atom is -0.506 e. The van der Waals surface area contributed by atoms with Crippen LogP contribution in [0.25, 0.3) is 11.3 Å². The molecule has 2 heterocycles. The van der Waals surface area contributed by atoms with E-state index in [4.69, 9.17) is 19.9 Å². The smallest absolute Gasteiger partial charge is 0.506 e. The van der Waals surface area contributed by atoms with E-state index >= 15 is 0 Å². The number of hydrogen-bond acceptors (Lipinski definition) is 9. The number of esters is 1. The van der Waals surface area contributed by atoms with Crippen molar-refractivity contribution >= 4 is 17.8 Å². The summed E-state index contributed by atoms with van der Waals surface area (Å²) in [5.41, 5.74) is 7.94. The van der Waals surface area contributed by atoms with Gasteiger partial charge in [-0.3, -0.25) is 9.48 Å². The average Bonchev–Trinajstić information content (AvgIpc) is 3.08. The van der Waals surface area contributed by atoms with Gasteiger partial charge in [0.15, 0.2) is 0 Å². The molecule has 0 atom stereocenters. The fourth-order valence-corrected chi connectivity index (χ4v) is 2.56. The third-order valence-electron chi connectivity index (χ3n) is 4.11. The highest BCUT2D eigenvalue weighted by Crippen LogP contribution is 2.26. The Morgan fingerprint density at radius 3 is 2.53 bits per heavy atom. The van der Waals surface area contributed by atoms with Gasteiger partial charge in [0.1, 0.15) is 30.4 Å². The topological polar surface area (TPSA) is 139 Å². The number of rotatable bonds is 6. The first-order valence-corrected chi connectivity index (χ1v) is 8.87. The van der Waals surface area contributed by atoms with Crippen molar-refractivity contribution in [2.45, 2.75) is 20.1 Å². The second kappa shape index (κ2) is 8.95. The molecule has 30 heavy (non-hydrogen) atoms. The summed E-state index contributed by atoms with van der Waals surface area (Å²) < 4.78 is 16.7. The van der Waals surface area contributed by atoms with E-state index in [1.807, 2.05) is 0 Å². The molecule has 10 nitrogen and oxygen atoms in total. The number of anilines is 1. The molecule has 1 aromatic carbocycles. The van der Waals surface area contributed by atoms with Crippen molar-refractivity contribution < 1.29 is 28.9 Å². The van der Waals surface area contributed by atoms with Crippen molar-refractivity contribution in [3.8, 4) is 22.8 Å². The molecule has 0 saturated heterocycles. The molecule has 3 N–H and O–H groups in total. The van der Waals surface area contributed by atoms with Crippen LogP contribution in [0, 0.1) is 0 Å². The molecule has 3 aromatic rings. The largest absolute Gasteiger partial charge is 0.514 e. The highest BCUT2D eigenvalue weighted by molar-refractivity contribution is 5.67. The van der Waals surface area contributed by atoms with Gasteiger partial charge in [-0.15, -0.1) is 0 Å². The summed E-state index contributed by atoms with van der Waals surface area (Å²) in [6.45, 7) is 0.970. The summed E-state index contributed by atoms with van der Waals surface area (Å²) in [7, 11) is 1.69. The van der Waals surface area contributed by atoms with Crippen LogP contribution in [-0.4, -0.2) is 32.0 Å². The molecule has 2 aromatic heterocycles. The zero-order valence-corrected chi connectivity index (χ0v) is 16.4. The van der Waals surface area contributed by atoms with Crippen LogP contribution in [0.4, 0.5) is 10.5 Å². The Bertz CT molecular complexity index is 1060. The highest BCUT2D eigenvalue weighted by atomic mass is 16.7. The van der Waals surface area contributed by atoms with E-state index in [0.29, 0.717) is 28.4 Å². The molecule has 0 bridgehead atoms. The number of benzene rings is 1. The van der Waals surface area contributed by atoms with Crippen molar-refractivity contribution in [2.75, 3.05) is 5.73 Å². The van der Waals surface area contributed by atoms with E-state index in [0.717, 1.165) is 0 Å².